The Morgan fingerprint density at radius 2 is 1.34 bits per heavy atom. The van der Waals surface area contributed by atoms with Crippen LogP contribution in [-0.4, -0.2) is 4.57 Å². The second-order valence-corrected chi connectivity index (χ2v) is 12.2. The summed E-state index contributed by atoms with van der Waals surface area (Å²) in [6.07, 6.45) is 0. The predicted octanol–water partition coefficient (Wildman–Crippen LogP) is 11.2. The van der Waals surface area contributed by atoms with Gasteiger partial charge < -0.3 is 4.57 Å². The fourth-order valence-corrected chi connectivity index (χ4v) is 7.91. The molecule has 1 aliphatic rings. The molecular formula is C38H25BrClN. The first-order valence-corrected chi connectivity index (χ1v) is 15.0. The van der Waals surface area contributed by atoms with Crippen molar-refractivity contribution in [3.05, 3.63) is 160 Å². The predicted molar refractivity (Wildman–Crippen MR) is 176 cm³/mol. The van der Waals surface area contributed by atoms with Crippen molar-refractivity contribution in [2.75, 3.05) is 0 Å². The van der Waals surface area contributed by atoms with E-state index < -0.39 is 0 Å². The van der Waals surface area contributed by atoms with Gasteiger partial charge in [-0.15, -0.1) is 0 Å². The molecule has 0 radical (unpaired) electrons. The van der Waals surface area contributed by atoms with Gasteiger partial charge in [-0.25, -0.2) is 0 Å². The van der Waals surface area contributed by atoms with Crippen LogP contribution in [0, 0.1) is 0 Å². The number of aromatic nitrogens is 1. The molecule has 1 aliphatic carbocycles. The van der Waals surface area contributed by atoms with Crippen LogP contribution in [0.4, 0.5) is 0 Å². The first kappa shape index (κ1) is 24.7. The maximum atomic E-state index is 6.88. The van der Waals surface area contributed by atoms with Crippen molar-refractivity contribution in [2.24, 2.45) is 0 Å². The molecule has 1 aromatic heterocycles. The quantitative estimate of drug-likeness (QED) is 0.188. The van der Waals surface area contributed by atoms with E-state index in [1.54, 1.807) is 0 Å². The lowest BCUT2D eigenvalue weighted by atomic mass is 9.74. The van der Waals surface area contributed by atoms with Crippen molar-refractivity contribution in [2.45, 2.75) is 12.3 Å². The molecular weight excluding hydrogens is 586 g/mol. The van der Waals surface area contributed by atoms with Gasteiger partial charge in [-0.2, -0.15) is 0 Å². The Kier molecular flexibility index (Phi) is 5.54. The lowest BCUT2D eigenvalue weighted by Gasteiger charge is -2.29. The highest BCUT2D eigenvalue weighted by atomic mass is 79.9. The number of hydrogen-bond acceptors (Lipinski definition) is 0. The number of hydrogen-bond donors (Lipinski definition) is 0. The molecule has 0 amide bonds. The summed E-state index contributed by atoms with van der Waals surface area (Å²) >= 11 is 10.9. The van der Waals surface area contributed by atoms with E-state index in [1.807, 2.05) is 12.1 Å². The maximum absolute atomic E-state index is 6.88. The molecule has 196 valence electrons. The Balaban J connectivity index is 1.47. The molecule has 0 fully saturated rings. The third-order valence-electron chi connectivity index (χ3n) is 8.82. The summed E-state index contributed by atoms with van der Waals surface area (Å²) in [7, 11) is 0. The monoisotopic (exact) mass is 609 g/mol. The van der Waals surface area contributed by atoms with Crippen molar-refractivity contribution in [1.82, 2.24) is 4.57 Å². The zero-order valence-corrected chi connectivity index (χ0v) is 24.7. The van der Waals surface area contributed by atoms with Gasteiger partial charge in [0, 0.05) is 26.2 Å². The van der Waals surface area contributed by atoms with Gasteiger partial charge in [-0.3, -0.25) is 0 Å². The van der Waals surface area contributed by atoms with Gasteiger partial charge in [-0.1, -0.05) is 137 Å². The molecule has 41 heavy (non-hydrogen) atoms. The highest BCUT2D eigenvalue weighted by molar-refractivity contribution is 9.10. The fraction of sp³-hybridized carbons (Fsp3) is 0.0526. The van der Waals surface area contributed by atoms with Gasteiger partial charge in [0.15, 0.2) is 0 Å². The number of fused-ring (bicyclic) bond motifs is 7. The molecule has 0 N–H and O–H groups in total. The smallest absolute Gasteiger partial charge is 0.0648 e. The van der Waals surface area contributed by atoms with E-state index in [9.17, 15) is 0 Å². The van der Waals surface area contributed by atoms with Crippen LogP contribution in [0.3, 0.4) is 0 Å². The fourth-order valence-electron chi connectivity index (χ4n) is 6.93. The van der Waals surface area contributed by atoms with Crippen LogP contribution in [-0.2, 0) is 5.41 Å². The number of rotatable bonds is 3. The highest BCUT2D eigenvalue weighted by Crippen LogP contribution is 2.57. The molecule has 1 nitrogen and oxygen atoms in total. The molecule has 3 heteroatoms. The van der Waals surface area contributed by atoms with Gasteiger partial charge in [0.1, 0.15) is 0 Å². The summed E-state index contributed by atoms with van der Waals surface area (Å²) < 4.78 is 3.48. The minimum Gasteiger partial charge on any atom is -0.307 e. The van der Waals surface area contributed by atoms with E-state index in [-0.39, 0.29) is 5.41 Å². The lowest BCUT2D eigenvalue weighted by molar-refractivity contribution is 0.710. The van der Waals surface area contributed by atoms with E-state index in [0.29, 0.717) is 0 Å². The summed E-state index contributed by atoms with van der Waals surface area (Å²) in [4.78, 5) is 0. The second kappa shape index (κ2) is 9.21. The van der Waals surface area contributed by atoms with Crippen LogP contribution in [0.2, 0.25) is 5.02 Å². The number of benzene rings is 6. The second-order valence-electron chi connectivity index (χ2n) is 10.9. The van der Waals surface area contributed by atoms with E-state index >= 15 is 0 Å². The van der Waals surface area contributed by atoms with Crippen LogP contribution < -0.4 is 0 Å². The van der Waals surface area contributed by atoms with Gasteiger partial charge in [0.25, 0.3) is 0 Å². The van der Waals surface area contributed by atoms with Crippen molar-refractivity contribution < 1.29 is 0 Å². The minimum absolute atomic E-state index is 0.351. The van der Waals surface area contributed by atoms with Crippen molar-refractivity contribution >= 4 is 49.3 Å². The Labute approximate surface area is 252 Å². The Morgan fingerprint density at radius 3 is 2.15 bits per heavy atom. The molecule has 0 saturated carbocycles. The number of halogens is 2. The molecule has 0 spiro atoms. The summed E-state index contributed by atoms with van der Waals surface area (Å²) in [6, 6.07) is 47.7. The molecule has 0 aliphatic heterocycles. The molecule has 7 aromatic rings. The Morgan fingerprint density at radius 1 is 0.634 bits per heavy atom. The van der Waals surface area contributed by atoms with Gasteiger partial charge in [0.2, 0.25) is 0 Å². The van der Waals surface area contributed by atoms with Crippen molar-refractivity contribution in [3.63, 3.8) is 0 Å². The molecule has 1 unspecified atom stereocenters. The van der Waals surface area contributed by atoms with Crippen LogP contribution in [0.25, 0.3) is 49.7 Å². The highest BCUT2D eigenvalue weighted by Gasteiger charge is 2.43. The molecule has 6 aromatic carbocycles. The zero-order chi connectivity index (χ0) is 27.7. The average molecular weight is 611 g/mol. The minimum atomic E-state index is -0.351. The Hall–Kier alpha value is -4.11. The molecule has 1 heterocycles. The van der Waals surface area contributed by atoms with Crippen molar-refractivity contribution in [1.29, 1.82) is 0 Å². The van der Waals surface area contributed by atoms with Crippen LogP contribution in [0.1, 0.15) is 23.6 Å². The summed E-state index contributed by atoms with van der Waals surface area (Å²) in [5.41, 5.74) is 11.8. The van der Waals surface area contributed by atoms with E-state index in [1.165, 1.54) is 55.2 Å². The first-order chi connectivity index (χ1) is 20.1. The zero-order valence-electron chi connectivity index (χ0n) is 22.4. The maximum Gasteiger partial charge on any atom is 0.0648 e. The average Bonchev–Trinajstić information content (AvgIpc) is 3.49. The Bertz CT molecular complexity index is 2130. The van der Waals surface area contributed by atoms with Crippen LogP contribution in [0.15, 0.2) is 138 Å². The van der Waals surface area contributed by atoms with Crippen LogP contribution >= 0.6 is 27.5 Å². The van der Waals surface area contributed by atoms with E-state index in [4.69, 9.17) is 11.6 Å². The van der Waals surface area contributed by atoms with Crippen LogP contribution in [0.5, 0.6) is 0 Å². The standard InChI is InChI=1S/C38H25BrClN/c1-38(26-20-18-25(19-21-26)24-10-3-2-4-11-24)30-23-22-28-27-12-5-7-16-33(27)41(34-17-8-6-15-32(34)40)37(28)35(30)29-13-9-14-31(39)36(29)38/h2-23H,1H3. The number of para-hydroxylation sites is 2. The van der Waals surface area contributed by atoms with E-state index in [2.05, 4.69) is 149 Å². The SMILES string of the molecule is CC1(c2ccc(-c3ccccc3)cc2)c2ccc3c4ccccc4n(-c4ccccc4Cl)c3c2-c2cccc(Br)c21. The van der Waals surface area contributed by atoms with Gasteiger partial charge in [0.05, 0.1) is 21.7 Å². The first-order valence-electron chi connectivity index (χ1n) is 13.8. The topological polar surface area (TPSA) is 4.93 Å². The third kappa shape index (κ3) is 3.48. The van der Waals surface area contributed by atoms with E-state index in [0.717, 1.165) is 20.7 Å². The van der Waals surface area contributed by atoms with Crippen molar-refractivity contribution in [3.8, 4) is 27.9 Å². The molecule has 8 rings (SSSR count). The normalized spacial score (nSPS) is 15.8. The molecule has 0 bridgehead atoms. The summed E-state index contributed by atoms with van der Waals surface area (Å²) in [5, 5.41) is 3.19. The summed E-state index contributed by atoms with van der Waals surface area (Å²) in [6.45, 7) is 2.37. The largest absolute Gasteiger partial charge is 0.307 e. The third-order valence-corrected chi connectivity index (χ3v) is 9.80. The molecule has 1 atom stereocenters. The van der Waals surface area contributed by atoms with Gasteiger partial charge in [-0.05, 0) is 64.6 Å². The molecule has 0 saturated heterocycles. The summed E-state index contributed by atoms with van der Waals surface area (Å²) in [5.74, 6) is 0. The number of nitrogens with zero attached hydrogens (tertiary/aromatic N) is 1. The van der Waals surface area contributed by atoms with Gasteiger partial charge >= 0.3 is 0 Å². The lowest BCUT2D eigenvalue weighted by Crippen LogP contribution is -2.23.